The third-order valence-electron chi connectivity index (χ3n) is 3.91. The second-order valence-corrected chi connectivity index (χ2v) is 5.23. The van der Waals surface area contributed by atoms with Crippen LogP contribution < -0.4 is 10.1 Å². The molecule has 0 bridgehead atoms. The Morgan fingerprint density at radius 3 is 2.85 bits per heavy atom. The quantitative estimate of drug-likeness (QED) is 0.903. The lowest BCUT2D eigenvalue weighted by molar-refractivity contribution is 0.0881. The second kappa shape index (κ2) is 4.92. The molecule has 0 spiro atoms. The highest BCUT2D eigenvalue weighted by atomic mass is 19.1. The molecule has 1 atom stereocenters. The maximum atomic E-state index is 13.6. The summed E-state index contributed by atoms with van der Waals surface area (Å²) in [5.74, 6) is -0.209. The molecule has 6 heteroatoms. The van der Waals surface area contributed by atoms with E-state index in [4.69, 9.17) is 4.74 Å². The van der Waals surface area contributed by atoms with Gasteiger partial charge >= 0.3 is 6.03 Å². The minimum atomic E-state index is -0.911. The number of likely N-dealkylation sites (tertiary alicyclic amines) is 1. The van der Waals surface area contributed by atoms with Gasteiger partial charge in [-0.2, -0.15) is 0 Å². The third-order valence-corrected chi connectivity index (χ3v) is 3.91. The van der Waals surface area contributed by atoms with Crippen LogP contribution in [0.1, 0.15) is 23.6 Å². The molecule has 1 unspecified atom stereocenters. The minimum Gasteiger partial charge on any atom is -0.494 e. The van der Waals surface area contributed by atoms with Gasteiger partial charge in [-0.05, 0) is 36.1 Å². The fourth-order valence-corrected chi connectivity index (χ4v) is 2.74. The maximum Gasteiger partial charge on any atom is 0.318 e. The lowest BCUT2D eigenvalue weighted by atomic mass is 10.1. The minimum absolute atomic E-state index is 0.151. The lowest BCUT2D eigenvalue weighted by Crippen LogP contribution is -2.55. The average Bonchev–Trinajstić information content (AvgIpc) is 2.76. The number of amides is 2. The van der Waals surface area contributed by atoms with E-state index < -0.39 is 6.17 Å². The topological polar surface area (TPSA) is 41.6 Å². The normalized spacial score (nSPS) is 21.4. The Kier molecular flexibility index (Phi) is 3.23. The van der Waals surface area contributed by atoms with Gasteiger partial charge in [-0.3, -0.25) is 0 Å². The van der Waals surface area contributed by atoms with Crippen LogP contribution in [0.3, 0.4) is 0 Å². The van der Waals surface area contributed by atoms with E-state index in [1.165, 1.54) is 18.1 Å². The van der Waals surface area contributed by atoms with Crippen molar-refractivity contribution >= 4 is 6.03 Å². The number of methoxy groups -OCH3 is 1. The van der Waals surface area contributed by atoms with Crippen LogP contribution >= 0.6 is 0 Å². The number of hydrogen-bond acceptors (Lipinski definition) is 2. The summed E-state index contributed by atoms with van der Waals surface area (Å²) in [6, 6.07) is 2.67. The highest BCUT2D eigenvalue weighted by Crippen LogP contribution is 2.35. The molecule has 4 nitrogen and oxygen atoms in total. The summed E-state index contributed by atoms with van der Waals surface area (Å²) in [7, 11) is 1.41. The van der Waals surface area contributed by atoms with Gasteiger partial charge in [0.25, 0.3) is 0 Å². The van der Waals surface area contributed by atoms with Crippen molar-refractivity contribution in [2.45, 2.75) is 25.1 Å². The standard InChI is InChI=1S/C14H16F2N2O2/c1-20-13-5-10-8(4-11(13)16)2-3-12(10)17-14(19)18-6-9(15)7-18/h4-5,9,12H,2-3,6-7H2,1H3,(H,17,19). The van der Waals surface area contributed by atoms with E-state index >= 15 is 0 Å². The number of ether oxygens (including phenoxy) is 1. The van der Waals surface area contributed by atoms with Crippen molar-refractivity contribution in [2.75, 3.05) is 20.2 Å². The molecular weight excluding hydrogens is 266 g/mol. The van der Waals surface area contributed by atoms with Crippen LogP contribution in [0.5, 0.6) is 5.75 Å². The molecule has 2 amide bonds. The van der Waals surface area contributed by atoms with E-state index in [0.29, 0.717) is 6.42 Å². The summed E-state index contributed by atoms with van der Waals surface area (Å²) < 4.78 is 31.3. The van der Waals surface area contributed by atoms with Crippen LogP contribution in [0, 0.1) is 5.82 Å². The molecule has 20 heavy (non-hydrogen) atoms. The third kappa shape index (κ3) is 2.19. The monoisotopic (exact) mass is 282 g/mol. The molecule has 1 aliphatic heterocycles. The number of fused-ring (bicyclic) bond motifs is 1. The second-order valence-electron chi connectivity index (χ2n) is 5.23. The molecule has 3 rings (SSSR count). The summed E-state index contributed by atoms with van der Waals surface area (Å²) >= 11 is 0. The number of aryl methyl sites for hydroxylation is 1. The van der Waals surface area contributed by atoms with E-state index in [0.717, 1.165) is 17.5 Å². The first-order chi connectivity index (χ1) is 9.58. The maximum absolute atomic E-state index is 13.6. The summed E-state index contributed by atoms with van der Waals surface area (Å²) in [5, 5.41) is 2.87. The number of nitrogens with one attached hydrogen (secondary N) is 1. The van der Waals surface area contributed by atoms with Crippen molar-refractivity contribution in [2.24, 2.45) is 0 Å². The number of hydrogen-bond donors (Lipinski definition) is 1. The Bertz CT molecular complexity index is 544. The molecule has 1 heterocycles. The number of nitrogens with zero attached hydrogens (tertiary/aromatic N) is 1. The van der Waals surface area contributed by atoms with Gasteiger partial charge in [-0.1, -0.05) is 0 Å². The van der Waals surface area contributed by atoms with Crippen molar-refractivity contribution in [1.82, 2.24) is 10.2 Å². The molecule has 1 N–H and O–H groups in total. The van der Waals surface area contributed by atoms with Gasteiger partial charge in [-0.25, -0.2) is 13.6 Å². The van der Waals surface area contributed by atoms with E-state index in [2.05, 4.69) is 5.32 Å². The van der Waals surface area contributed by atoms with E-state index in [9.17, 15) is 13.6 Å². The Morgan fingerprint density at radius 2 is 2.20 bits per heavy atom. The van der Waals surface area contributed by atoms with Gasteiger partial charge in [0.1, 0.15) is 6.17 Å². The molecule has 0 aromatic heterocycles. The van der Waals surface area contributed by atoms with Gasteiger partial charge in [0, 0.05) is 0 Å². The smallest absolute Gasteiger partial charge is 0.318 e. The van der Waals surface area contributed by atoms with E-state index in [1.807, 2.05) is 0 Å². The highest BCUT2D eigenvalue weighted by molar-refractivity contribution is 5.76. The number of urea groups is 1. The fraction of sp³-hybridized carbons (Fsp3) is 0.500. The molecule has 1 saturated heterocycles. The Balaban J connectivity index is 1.74. The van der Waals surface area contributed by atoms with Crippen LogP contribution in [0.4, 0.5) is 13.6 Å². The van der Waals surface area contributed by atoms with Crippen molar-refractivity contribution in [1.29, 1.82) is 0 Å². The van der Waals surface area contributed by atoms with Crippen LogP contribution in [-0.4, -0.2) is 37.3 Å². The van der Waals surface area contributed by atoms with E-state index in [-0.39, 0.29) is 36.7 Å². The van der Waals surface area contributed by atoms with Crippen molar-refractivity contribution in [3.63, 3.8) is 0 Å². The molecule has 1 fully saturated rings. The number of benzene rings is 1. The van der Waals surface area contributed by atoms with Gasteiger partial charge in [0.05, 0.1) is 26.2 Å². The van der Waals surface area contributed by atoms with Crippen molar-refractivity contribution < 1.29 is 18.3 Å². The van der Waals surface area contributed by atoms with Gasteiger partial charge in [0.15, 0.2) is 11.6 Å². The van der Waals surface area contributed by atoms with Gasteiger partial charge in [0.2, 0.25) is 0 Å². The highest BCUT2D eigenvalue weighted by Gasteiger charge is 2.33. The zero-order valence-corrected chi connectivity index (χ0v) is 11.2. The van der Waals surface area contributed by atoms with Crippen LogP contribution in [-0.2, 0) is 6.42 Å². The van der Waals surface area contributed by atoms with Gasteiger partial charge < -0.3 is 15.0 Å². The lowest BCUT2D eigenvalue weighted by Gasteiger charge is -2.35. The molecular formula is C14H16F2N2O2. The predicted octanol–water partition coefficient (Wildman–Crippen LogP) is 2.18. The van der Waals surface area contributed by atoms with Crippen LogP contribution in [0.2, 0.25) is 0 Å². The molecule has 1 aliphatic carbocycles. The Hall–Kier alpha value is -1.85. The molecule has 0 radical (unpaired) electrons. The Morgan fingerprint density at radius 1 is 1.45 bits per heavy atom. The number of carbonyl (C=O) groups is 1. The summed E-state index contributed by atoms with van der Waals surface area (Å²) in [6.07, 6.45) is 0.527. The first-order valence-electron chi connectivity index (χ1n) is 6.64. The molecule has 2 aliphatic rings. The van der Waals surface area contributed by atoms with Gasteiger partial charge in [-0.15, -0.1) is 0 Å². The SMILES string of the molecule is COc1cc2c(cc1F)CCC2NC(=O)N1CC(F)C1. The predicted molar refractivity (Wildman–Crippen MR) is 69.0 cm³/mol. The first kappa shape index (κ1) is 13.1. The first-order valence-corrected chi connectivity index (χ1v) is 6.64. The van der Waals surface area contributed by atoms with E-state index in [1.54, 1.807) is 6.07 Å². The average molecular weight is 282 g/mol. The Labute approximate surface area is 115 Å². The van der Waals surface area contributed by atoms with Crippen molar-refractivity contribution in [3.05, 3.63) is 29.1 Å². The molecule has 0 saturated carbocycles. The van der Waals surface area contributed by atoms with Crippen molar-refractivity contribution in [3.8, 4) is 5.75 Å². The zero-order valence-electron chi connectivity index (χ0n) is 11.2. The zero-order chi connectivity index (χ0) is 14.3. The number of carbonyl (C=O) groups excluding carboxylic acids is 1. The summed E-state index contributed by atoms with van der Waals surface area (Å²) in [5.41, 5.74) is 1.77. The molecule has 1 aromatic rings. The largest absolute Gasteiger partial charge is 0.494 e. The fourth-order valence-electron chi connectivity index (χ4n) is 2.74. The number of halogens is 2. The van der Waals surface area contributed by atoms with Crippen LogP contribution in [0.15, 0.2) is 12.1 Å². The molecule has 1 aromatic carbocycles. The molecule has 108 valence electrons. The number of alkyl halides is 1. The van der Waals surface area contributed by atoms with Crippen LogP contribution in [0.25, 0.3) is 0 Å². The number of rotatable bonds is 2. The summed E-state index contributed by atoms with van der Waals surface area (Å²) in [6.45, 7) is 0.302. The summed E-state index contributed by atoms with van der Waals surface area (Å²) in [4.78, 5) is 13.3.